The molecule has 0 aliphatic heterocycles. The molecule has 3 saturated carbocycles. The Bertz CT molecular complexity index is 516. The Balaban J connectivity index is 1.72. The fourth-order valence-electron chi connectivity index (χ4n) is 6.78. The highest BCUT2D eigenvalue weighted by molar-refractivity contribution is 5.26. The third kappa shape index (κ3) is 1.67. The maximum atomic E-state index is 14.9. The van der Waals surface area contributed by atoms with Crippen molar-refractivity contribution in [3.05, 3.63) is 11.6 Å². The molecule has 4 rings (SSSR count). The number of allylic oxidation sites excluding steroid dienone is 1. The van der Waals surface area contributed by atoms with Crippen molar-refractivity contribution in [2.75, 3.05) is 0 Å². The van der Waals surface area contributed by atoms with Gasteiger partial charge in [0, 0.05) is 10.8 Å². The Morgan fingerprint density at radius 3 is 2.64 bits per heavy atom. The van der Waals surface area contributed by atoms with E-state index in [1.54, 1.807) is 0 Å². The van der Waals surface area contributed by atoms with E-state index < -0.39 is 5.79 Å². The summed E-state index contributed by atoms with van der Waals surface area (Å²) in [6, 6.07) is 0. The summed E-state index contributed by atoms with van der Waals surface area (Å²) in [6.07, 6.45) is 9.64. The lowest BCUT2D eigenvalue weighted by atomic mass is 9.46. The number of hydrogen-bond acceptors (Lipinski definition) is 2. The van der Waals surface area contributed by atoms with Crippen LogP contribution >= 0.6 is 0 Å². The summed E-state index contributed by atoms with van der Waals surface area (Å²) in [4.78, 5) is 0. The van der Waals surface area contributed by atoms with Gasteiger partial charge in [-0.3, -0.25) is 5.73 Å². The molecular formula is C19H30FNO. The van der Waals surface area contributed by atoms with E-state index in [1.807, 2.05) is 0 Å². The molecule has 0 spiro atoms. The summed E-state index contributed by atoms with van der Waals surface area (Å²) >= 11 is 0. The van der Waals surface area contributed by atoms with Gasteiger partial charge in [0.15, 0.2) is 5.79 Å². The first-order valence-electron chi connectivity index (χ1n) is 9.16. The molecule has 2 nitrogen and oxygen atoms in total. The number of alkyl halides is 1. The molecule has 2 unspecified atom stereocenters. The Morgan fingerprint density at radius 1 is 1.14 bits per heavy atom. The number of hydrogen-bond donors (Lipinski definition) is 2. The minimum Gasteiger partial charge on any atom is -0.392 e. The van der Waals surface area contributed by atoms with E-state index in [1.165, 1.54) is 5.57 Å². The summed E-state index contributed by atoms with van der Waals surface area (Å²) in [5.41, 5.74) is 7.11. The third-order valence-electron chi connectivity index (χ3n) is 8.33. The van der Waals surface area contributed by atoms with E-state index in [2.05, 4.69) is 19.9 Å². The zero-order valence-electron chi connectivity index (χ0n) is 13.9. The van der Waals surface area contributed by atoms with Gasteiger partial charge in [-0.25, -0.2) is 4.39 Å². The Hall–Kier alpha value is -0.410. The van der Waals surface area contributed by atoms with Crippen LogP contribution in [0.15, 0.2) is 11.6 Å². The number of nitrogens with two attached hydrogens (primary N) is 1. The smallest absolute Gasteiger partial charge is 0.164 e. The van der Waals surface area contributed by atoms with E-state index in [4.69, 9.17) is 5.73 Å². The molecule has 124 valence electrons. The maximum absolute atomic E-state index is 14.9. The molecule has 0 aromatic carbocycles. The zero-order valence-corrected chi connectivity index (χ0v) is 13.9. The van der Waals surface area contributed by atoms with E-state index in [9.17, 15) is 9.50 Å². The molecular weight excluding hydrogens is 277 g/mol. The minimum absolute atomic E-state index is 0.0708. The van der Waals surface area contributed by atoms with Crippen molar-refractivity contribution in [2.45, 2.75) is 77.1 Å². The fourth-order valence-corrected chi connectivity index (χ4v) is 6.78. The van der Waals surface area contributed by atoms with Gasteiger partial charge in [0.25, 0.3) is 0 Å². The second-order valence-electron chi connectivity index (χ2n) is 8.88. The number of rotatable bonds is 0. The van der Waals surface area contributed by atoms with Gasteiger partial charge >= 0.3 is 0 Å². The SMILES string of the molecule is C[C@]12CC[C@@H]3[C@@H](CCC4=CCCC(O)[C@@]43C)[C@@H]1CCC2(N)F. The molecule has 0 aromatic rings. The molecule has 0 bridgehead atoms. The van der Waals surface area contributed by atoms with Crippen molar-refractivity contribution in [3.63, 3.8) is 0 Å². The van der Waals surface area contributed by atoms with Gasteiger partial charge in [0.2, 0.25) is 0 Å². The summed E-state index contributed by atoms with van der Waals surface area (Å²) in [6.45, 7) is 4.37. The van der Waals surface area contributed by atoms with Gasteiger partial charge in [-0.1, -0.05) is 25.5 Å². The molecule has 3 fully saturated rings. The summed E-state index contributed by atoms with van der Waals surface area (Å²) < 4.78 is 14.9. The fraction of sp³-hybridized carbons (Fsp3) is 0.895. The van der Waals surface area contributed by atoms with Crippen LogP contribution in [0.5, 0.6) is 0 Å². The van der Waals surface area contributed by atoms with Crippen LogP contribution in [0, 0.1) is 28.6 Å². The standard InChI is InChI=1S/C19H30FNO/c1-17-10-8-15-13(14(17)9-11-19(17,20)21)7-6-12-4-3-5-16(22)18(12,15)2/h4,13-16,22H,3,5-11,21H2,1-2H3/t13-,14-,15+,16?,17-,18-,19?/m0/s1. The number of fused-ring (bicyclic) bond motifs is 5. The van der Waals surface area contributed by atoms with Crippen LogP contribution in [-0.2, 0) is 0 Å². The lowest BCUT2D eigenvalue weighted by molar-refractivity contribution is -0.115. The molecule has 4 aliphatic rings. The van der Waals surface area contributed by atoms with Gasteiger partial charge in [-0.2, -0.15) is 0 Å². The quantitative estimate of drug-likeness (QED) is 0.526. The second-order valence-corrected chi connectivity index (χ2v) is 8.88. The molecule has 0 aromatic heterocycles. The predicted octanol–water partition coefficient (Wildman–Crippen LogP) is 3.93. The highest BCUT2D eigenvalue weighted by Crippen LogP contribution is 2.67. The van der Waals surface area contributed by atoms with Crippen LogP contribution in [0.3, 0.4) is 0 Å². The van der Waals surface area contributed by atoms with Gasteiger partial charge in [0.05, 0.1) is 6.10 Å². The van der Waals surface area contributed by atoms with E-state index in [0.717, 1.165) is 44.9 Å². The first-order valence-corrected chi connectivity index (χ1v) is 9.16. The summed E-state index contributed by atoms with van der Waals surface area (Å²) in [5.74, 6) is -0.0523. The molecule has 0 heterocycles. The molecule has 3 heteroatoms. The number of aliphatic hydroxyl groups excluding tert-OH is 1. The van der Waals surface area contributed by atoms with Crippen molar-refractivity contribution < 1.29 is 9.50 Å². The molecule has 22 heavy (non-hydrogen) atoms. The minimum atomic E-state index is -1.50. The van der Waals surface area contributed by atoms with E-state index in [-0.39, 0.29) is 16.9 Å². The van der Waals surface area contributed by atoms with Gasteiger partial charge in [0.1, 0.15) is 0 Å². The van der Waals surface area contributed by atoms with Crippen LogP contribution in [-0.4, -0.2) is 17.0 Å². The van der Waals surface area contributed by atoms with Gasteiger partial charge < -0.3 is 5.11 Å². The summed E-state index contributed by atoms with van der Waals surface area (Å²) in [7, 11) is 0. The van der Waals surface area contributed by atoms with Crippen molar-refractivity contribution in [1.82, 2.24) is 0 Å². The lowest BCUT2D eigenvalue weighted by Crippen LogP contribution is -2.58. The first kappa shape index (κ1) is 15.1. The van der Waals surface area contributed by atoms with E-state index >= 15 is 0 Å². The van der Waals surface area contributed by atoms with Crippen molar-refractivity contribution >= 4 is 0 Å². The first-order chi connectivity index (χ1) is 10.3. The normalized spacial score (nSPS) is 57.6. The largest absolute Gasteiger partial charge is 0.392 e. The highest BCUT2D eigenvalue weighted by Gasteiger charge is 2.64. The molecule has 0 radical (unpaired) electrons. The molecule has 0 amide bonds. The third-order valence-corrected chi connectivity index (χ3v) is 8.33. The Morgan fingerprint density at radius 2 is 1.86 bits per heavy atom. The average Bonchev–Trinajstić information content (AvgIpc) is 2.71. The highest BCUT2D eigenvalue weighted by atomic mass is 19.1. The zero-order chi connectivity index (χ0) is 15.8. The van der Waals surface area contributed by atoms with Crippen molar-refractivity contribution in [3.8, 4) is 0 Å². The molecule has 4 aliphatic carbocycles. The van der Waals surface area contributed by atoms with Crippen molar-refractivity contribution in [2.24, 2.45) is 34.3 Å². The average molecular weight is 307 g/mol. The monoisotopic (exact) mass is 307 g/mol. The van der Waals surface area contributed by atoms with Crippen LogP contribution in [0.4, 0.5) is 4.39 Å². The van der Waals surface area contributed by atoms with Crippen LogP contribution in [0.2, 0.25) is 0 Å². The maximum Gasteiger partial charge on any atom is 0.164 e. The number of halogens is 1. The van der Waals surface area contributed by atoms with Crippen molar-refractivity contribution in [1.29, 1.82) is 0 Å². The predicted molar refractivity (Wildman–Crippen MR) is 85.7 cm³/mol. The Labute approximate surface area is 133 Å². The van der Waals surface area contributed by atoms with Gasteiger partial charge in [-0.05, 0) is 69.1 Å². The topological polar surface area (TPSA) is 46.2 Å². The van der Waals surface area contributed by atoms with Crippen LogP contribution in [0.1, 0.15) is 65.2 Å². The molecule has 3 N–H and O–H groups in total. The Kier molecular flexibility index (Phi) is 3.14. The van der Waals surface area contributed by atoms with E-state index in [0.29, 0.717) is 24.2 Å². The second kappa shape index (κ2) is 4.57. The molecule has 7 atom stereocenters. The van der Waals surface area contributed by atoms with Gasteiger partial charge in [-0.15, -0.1) is 0 Å². The lowest BCUT2D eigenvalue weighted by Gasteiger charge is -2.59. The summed E-state index contributed by atoms with van der Waals surface area (Å²) in [5, 5.41) is 10.8. The number of aliphatic hydroxyl groups is 1. The van der Waals surface area contributed by atoms with Crippen LogP contribution < -0.4 is 5.73 Å². The molecule has 0 saturated heterocycles. The van der Waals surface area contributed by atoms with Crippen LogP contribution in [0.25, 0.3) is 0 Å².